The molecule has 0 spiro atoms. The molecule has 0 amide bonds. The second kappa shape index (κ2) is 4.39. The summed E-state index contributed by atoms with van der Waals surface area (Å²) >= 11 is 1.37. The summed E-state index contributed by atoms with van der Waals surface area (Å²) in [6.45, 7) is 3.54. The Morgan fingerprint density at radius 1 is 1.83 bits per heavy atom. The first kappa shape index (κ1) is 11.3. The van der Waals surface area contributed by atoms with Crippen LogP contribution in [-0.4, -0.2) is 27.6 Å². The Bertz CT molecular complexity index is 208. The lowest BCUT2D eigenvalue weighted by Gasteiger charge is -2.26. The van der Waals surface area contributed by atoms with E-state index in [4.69, 9.17) is 17.3 Å². The van der Waals surface area contributed by atoms with Gasteiger partial charge in [-0.05, 0) is 13.8 Å². The van der Waals surface area contributed by atoms with E-state index in [1.54, 1.807) is 13.8 Å². The molecule has 0 unspecified atom stereocenters. The van der Waals surface area contributed by atoms with Crippen LogP contribution >= 0.6 is 11.8 Å². The third-order valence-corrected chi connectivity index (χ3v) is 2.85. The van der Waals surface area contributed by atoms with Crippen LogP contribution in [0.25, 0.3) is 0 Å². The molecule has 0 radical (unpaired) electrons. The molecule has 0 fully saturated rings. The molecule has 0 rings (SSSR count). The fourth-order valence-corrected chi connectivity index (χ4v) is 1.35. The molecule has 3 nitrogen and oxygen atoms in total. The molecule has 0 aliphatic heterocycles. The second-order valence-corrected chi connectivity index (χ2v) is 4.54. The number of terminal acetylenes is 1. The average Bonchev–Trinajstić information content (AvgIpc) is 1.99. The van der Waals surface area contributed by atoms with Gasteiger partial charge in [0.25, 0.3) is 0 Å². The number of rotatable bonds is 4. The van der Waals surface area contributed by atoms with Crippen molar-refractivity contribution in [2.75, 3.05) is 5.75 Å². The van der Waals surface area contributed by atoms with Gasteiger partial charge in [-0.15, -0.1) is 18.2 Å². The Balaban J connectivity index is 4.20. The molecule has 0 heterocycles. The summed E-state index contributed by atoms with van der Waals surface area (Å²) in [6, 6.07) is -0.879. The molecule has 0 aliphatic carbocycles. The van der Waals surface area contributed by atoms with E-state index in [1.807, 2.05) is 0 Å². The monoisotopic (exact) mass is 187 g/mol. The van der Waals surface area contributed by atoms with Gasteiger partial charge in [0.15, 0.2) is 0 Å². The maximum Gasteiger partial charge on any atom is 0.321 e. The van der Waals surface area contributed by atoms with Gasteiger partial charge in [-0.25, -0.2) is 0 Å². The normalized spacial score (nSPS) is 13.5. The van der Waals surface area contributed by atoms with Crippen LogP contribution in [0.5, 0.6) is 0 Å². The maximum absolute atomic E-state index is 10.5. The van der Waals surface area contributed by atoms with E-state index in [0.717, 1.165) is 0 Å². The molecule has 12 heavy (non-hydrogen) atoms. The summed E-state index contributed by atoms with van der Waals surface area (Å²) in [5, 5.41) is 8.63. The molecule has 0 saturated heterocycles. The van der Waals surface area contributed by atoms with E-state index in [0.29, 0.717) is 5.75 Å². The Morgan fingerprint density at radius 2 is 2.33 bits per heavy atom. The summed E-state index contributed by atoms with van der Waals surface area (Å²) in [5.41, 5.74) is 5.45. The standard InChI is InChI=1S/C8H13NO2S/c1-4-5-12-8(2,3)6(9)7(10)11/h1,6H,5,9H2,2-3H3,(H,10,11)/t6-/m1/s1. The molecule has 0 saturated carbocycles. The predicted molar refractivity (Wildman–Crippen MR) is 51.0 cm³/mol. The molecule has 1 atom stereocenters. The fourth-order valence-electron chi connectivity index (χ4n) is 0.615. The highest BCUT2D eigenvalue weighted by Crippen LogP contribution is 2.26. The topological polar surface area (TPSA) is 63.3 Å². The molecule has 0 aliphatic rings. The van der Waals surface area contributed by atoms with Crippen molar-refractivity contribution in [3.05, 3.63) is 0 Å². The molecule has 0 aromatic carbocycles. The van der Waals surface area contributed by atoms with Crippen LogP contribution in [0.15, 0.2) is 0 Å². The van der Waals surface area contributed by atoms with Crippen LogP contribution in [0.3, 0.4) is 0 Å². The van der Waals surface area contributed by atoms with Crippen LogP contribution in [0.2, 0.25) is 0 Å². The fraction of sp³-hybridized carbons (Fsp3) is 0.625. The summed E-state index contributed by atoms with van der Waals surface area (Å²) in [5.74, 6) is 1.92. The Morgan fingerprint density at radius 3 is 2.67 bits per heavy atom. The number of carboxylic acid groups (broad SMARTS) is 1. The lowest BCUT2D eigenvalue weighted by atomic mass is 10.1. The smallest absolute Gasteiger partial charge is 0.321 e. The van der Waals surface area contributed by atoms with Crippen LogP contribution < -0.4 is 5.73 Å². The number of thioether (sulfide) groups is 1. The van der Waals surface area contributed by atoms with Crippen LogP contribution in [0.4, 0.5) is 0 Å². The van der Waals surface area contributed by atoms with Gasteiger partial charge in [-0.3, -0.25) is 4.79 Å². The van der Waals surface area contributed by atoms with Crippen LogP contribution in [-0.2, 0) is 4.79 Å². The summed E-state index contributed by atoms with van der Waals surface area (Å²) in [6.07, 6.45) is 5.05. The molecular weight excluding hydrogens is 174 g/mol. The second-order valence-electron chi connectivity index (χ2n) is 2.91. The average molecular weight is 187 g/mol. The van der Waals surface area contributed by atoms with Gasteiger partial charge in [0.1, 0.15) is 6.04 Å². The molecule has 68 valence electrons. The number of aliphatic carboxylic acids is 1. The van der Waals surface area contributed by atoms with E-state index < -0.39 is 16.8 Å². The molecule has 0 aromatic rings. The van der Waals surface area contributed by atoms with E-state index >= 15 is 0 Å². The Kier molecular flexibility index (Phi) is 4.15. The van der Waals surface area contributed by atoms with Gasteiger partial charge >= 0.3 is 5.97 Å². The van der Waals surface area contributed by atoms with Crippen molar-refractivity contribution in [2.45, 2.75) is 24.6 Å². The number of hydrogen-bond donors (Lipinski definition) is 2. The van der Waals surface area contributed by atoms with Gasteiger partial charge < -0.3 is 10.8 Å². The molecule has 3 N–H and O–H groups in total. The van der Waals surface area contributed by atoms with Crippen LogP contribution in [0, 0.1) is 12.3 Å². The zero-order valence-electron chi connectivity index (χ0n) is 7.20. The minimum atomic E-state index is -0.996. The SMILES string of the molecule is C#CCSC(C)(C)[C@H](N)C(=O)O. The Hall–Kier alpha value is -0.660. The van der Waals surface area contributed by atoms with Crippen molar-refractivity contribution in [1.29, 1.82) is 0 Å². The quantitative estimate of drug-likeness (QED) is 0.631. The highest BCUT2D eigenvalue weighted by atomic mass is 32.2. The van der Waals surface area contributed by atoms with Gasteiger partial charge in [0, 0.05) is 4.75 Å². The molecular formula is C8H13NO2S. The predicted octanol–water partition coefficient (Wildman–Crippen LogP) is 0.543. The summed E-state index contributed by atoms with van der Waals surface area (Å²) in [4.78, 5) is 10.5. The van der Waals surface area contributed by atoms with E-state index in [2.05, 4.69) is 5.92 Å². The molecule has 0 aromatic heterocycles. The highest BCUT2D eigenvalue weighted by molar-refractivity contribution is 8.00. The van der Waals surface area contributed by atoms with Crippen molar-refractivity contribution in [2.24, 2.45) is 5.73 Å². The zero-order chi connectivity index (χ0) is 9.78. The first-order chi connectivity index (χ1) is 5.41. The number of hydrogen-bond acceptors (Lipinski definition) is 3. The number of carboxylic acids is 1. The maximum atomic E-state index is 10.5. The third-order valence-electron chi connectivity index (χ3n) is 1.54. The van der Waals surface area contributed by atoms with Crippen molar-refractivity contribution in [1.82, 2.24) is 0 Å². The van der Waals surface area contributed by atoms with Crippen molar-refractivity contribution < 1.29 is 9.90 Å². The number of carbonyl (C=O) groups is 1. The molecule has 0 bridgehead atoms. The van der Waals surface area contributed by atoms with Gasteiger partial charge in [-0.2, -0.15) is 0 Å². The van der Waals surface area contributed by atoms with E-state index in [1.165, 1.54) is 11.8 Å². The lowest BCUT2D eigenvalue weighted by molar-refractivity contribution is -0.139. The van der Waals surface area contributed by atoms with Gasteiger partial charge in [0.2, 0.25) is 0 Å². The third kappa shape index (κ3) is 3.16. The summed E-state index contributed by atoms with van der Waals surface area (Å²) < 4.78 is -0.516. The van der Waals surface area contributed by atoms with Crippen molar-refractivity contribution in [3.63, 3.8) is 0 Å². The lowest BCUT2D eigenvalue weighted by Crippen LogP contribution is -2.46. The zero-order valence-corrected chi connectivity index (χ0v) is 8.02. The summed E-state index contributed by atoms with van der Waals surface area (Å²) in [7, 11) is 0. The van der Waals surface area contributed by atoms with Crippen molar-refractivity contribution >= 4 is 17.7 Å². The van der Waals surface area contributed by atoms with E-state index in [9.17, 15) is 4.79 Å². The van der Waals surface area contributed by atoms with Crippen molar-refractivity contribution in [3.8, 4) is 12.3 Å². The highest BCUT2D eigenvalue weighted by Gasteiger charge is 2.31. The Labute approximate surface area is 76.7 Å². The minimum Gasteiger partial charge on any atom is -0.480 e. The van der Waals surface area contributed by atoms with Gasteiger partial charge in [-0.1, -0.05) is 5.92 Å². The van der Waals surface area contributed by atoms with Gasteiger partial charge in [0.05, 0.1) is 5.75 Å². The first-order valence-electron chi connectivity index (χ1n) is 3.47. The van der Waals surface area contributed by atoms with Crippen LogP contribution in [0.1, 0.15) is 13.8 Å². The molecule has 4 heteroatoms. The number of nitrogens with two attached hydrogens (primary N) is 1. The minimum absolute atomic E-state index is 0.480. The first-order valence-corrected chi connectivity index (χ1v) is 4.46. The van der Waals surface area contributed by atoms with E-state index in [-0.39, 0.29) is 0 Å². The largest absolute Gasteiger partial charge is 0.480 e.